The lowest BCUT2D eigenvalue weighted by Crippen LogP contribution is -2.36. The maximum absolute atomic E-state index is 12.0. The molecule has 1 heterocycles. The van der Waals surface area contributed by atoms with Crippen LogP contribution in [0.1, 0.15) is 30.8 Å². The highest BCUT2D eigenvalue weighted by Crippen LogP contribution is 2.05. The Bertz CT molecular complexity index is 451. The molecule has 2 atom stereocenters. The summed E-state index contributed by atoms with van der Waals surface area (Å²) in [5.74, 6) is 0.902. The third-order valence-electron chi connectivity index (χ3n) is 2.40. The van der Waals surface area contributed by atoms with Gasteiger partial charge in [-0.05, 0) is 25.5 Å². The molecule has 2 unspecified atom stereocenters. The maximum atomic E-state index is 12.0. The molecule has 0 spiro atoms. The van der Waals surface area contributed by atoms with Crippen LogP contribution in [0, 0.1) is 0 Å². The van der Waals surface area contributed by atoms with Crippen molar-refractivity contribution in [2.75, 3.05) is 23.9 Å². The van der Waals surface area contributed by atoms with Crippen LogP contribution in [0.5, 0.6) is 0 Å². The molecule has 0 radical (unpaired) electrons. The lowest BCUT2D eigenvalue weighted by Gasteiger charge is -2.12. The zero-order valence-corrected chi connectivity index (χ0v) is 12.4. The Hall–Kier alpha value is -1.43. The van der Waals surface area contributed by atoms with E-state index in [1.807, 2.05) is 13.0 Å². The van der Waals surface area contributed by atoms with Crippen LogP contribution < -0.4 is 10.6 Å². The van der Waals surface area contributed by atoms with E-state index in [4.69, 9.17) is 0 Å². The number of amides is 1. The van der Waals surface area contributed by atoms with Crippen molar-refractivity contribution in [3.05, 3.63) is 23.9 Å². The smallest absolute Gasteiger partial charge is 0.270 e. The topological polar surface area (TPSA) is 71.1 Å². The van der Waals surface area contributed by atoms with E-state index in [1.54, 1.807) is 18.4 Å². The summed E-state index contributed by atoms with van der Waals surface area (Å²) >= 11 is 0. The van der Waals surface area contributed by atoms with E-state index in [1.165, 1.54) is 0 Å². The lowest BCUT2D eigenvalue weighted by molar-refractivity contribution is 0.0939. The molecular formula is C13H21N3O2S. The standard InChI is InChI=1S/C13H21N3O2S/c1-4-8-14-12-7-5-6-11(16-12)13(17)15-10(2)9-19(3)18/h5-7,10H,4,8-9H2,1-3H3,(H,14,16)(H,15,17). The SMILES string of the molecule is CCCNc1cccc(C(=O)NC(C)CS(C)=O)n1. The fraction of sp³-hybridized carbons (Fsp3) is 0.538. The van der Waals surface area contributed by atoms with E-state index >= 15 is 0 Å². The summed E-state index contributed by atoms with van der Waals surface area (Å²) in [6.45, 7) is 4.72. The highest BCUT2D eigenvalue weighted by molar-refractivity contribution is 7.84. The molecule has 1 aromatic heterocycles. The number of carbonyl (C=O) groups is 1. The zero-order valence-electron chi connectivity index (χ0n) is 11.6. The number of hydrogen-bond donors (Lipinski definition) is 2. The molecule has 0 saturated heterocycles. The van der Waals surface area contributed by atoms with Gasteiger partial charge in [0.05, 0.1) is 0 Å². The second-order valence-electron chi connectivity index (χ2n) is 4.45. The van der Waals surface area contributed by atoms with Crippen LogP contribution in [0.2, 0.25) is 0 Å². The Morgan fingerprint density at radius 2 is 2.21 bits per heavy atom. The van der Waals surface area contributed by atoms with Gasteiger partial charge in [0, 0.05) is 35.4 Å². The Morgan fingerprint density at radius 3 is 2.84 bits per heavy atom. The Balaban J connectivity index is 2.63. The summed E-state index contributed by atoms with van der Waals surface area (Å²) in [5, 5.41) is 5.92. The third-order valence-corrected chi connectivity index (χ3v) is 3.37. The maximum Gasteiger partial charge on any atom is 0.270 e. The second-order valence-corrected chi connectivity index (χ2v) is 5.93. The van der Waals surface area contributed by atoms with Gasteiger partial charge in [0.2, 0.25) is 0 Å². The van der Waals surface area contributed by atoms with Crippen LogP contribution >= 0.6 is 0 Å². The molecule has 2 N–H and O–H groups in total. The first-order chi connectivity index (χ1) is 9.02. The quantitative estimate of drug-likeness (QED) is 0.793. The molecule has 1 rings (SSSR count). The predicted molar refractivity (Wildman–Crippen MR) is 78.9 cm³/mol. The number of nitrogens with zero attached hydrogens (tertiary/aromatic N) is 1. The normalized spacial score (nSPS) is 13.6. The highest BCUT2D eigenvalue weighted by Gasteiger charge is 2.12. The number of aromatic nitrogens is 1. The number of rotatable bonds is 7. The number of pyridine rings is 1. The van der Waals surface area contributed by atoms with Gasteiger partial charge in [0.1, 0.15) is 11.5 Å². The molecule has 5 nitrogen and oxygen atoms in total. The van der Waals surface area contributed by atoms with E-state index in [-0.39, 0.29) is 11.9 Å². The summed E-state index contributed by atoms with van der Waals surface area (Å²) in [6, 6.07) is 5.16. The van der Waals surface area contributed by atoms with Gasteiger partial charge in [-0.2, -0.15) is 0 Å². The molecule has 0 aromatic carbocycles. The van der Waals surface area contributed by atoms with Crippen molar-refractivity contribution in [2.24, 2.45) is 0 Å². The molecule has 0 fully saturated rings. The molecule has 0 saturated carbocycles. The highest BCUT2D eigenvalue weighted by atomic mass is 32.2. The van der Waals surface area contributed by atoms with E-state index in [2.05, 4.69) is 22.5 Å². The van der Waals surface area contributed by atoms with Crippen molar-refractivity contribution >= 4 is 22.5 Å². The molecule has 19 heavy (non-hydrogen) atoms. The van der Waals surface area contributed by atoms with Crippen LogP contribution in [0.25, 0.3) is 0 Å². The van der Waals surface area contributed by atoms with Crippen molar-refractivity contribution in [1.82, 2.24) is 10.3 Å². The number of carbonyl (C=O) groups excluding carboxylic acids is 1. The summed E-state index contributed by atoms with van der Waals surface area (Å²) < 4.78 is 11.1. The van der Waals surface area contributed by atoms with Crippen LogP contribution in [-0.2, 0) is 10.8 Å². The molecule has 106 valence electrons. The second kappa shape index (κ2) is 7.89. The minimum Gasteiger partial charge on any atom is -0.370 e. The summed E-state index contributed by atoms with van der Waals surface area (Å²) in [4.78, 5) is 16.2. The Labute approximate surface area is 116 Å². The van der Waals surface area contributed by atoms with Crippen molar-refractivity contribution in [3.63, 3.8) is 0 Å². The molecular weight excluding hydrogens is 262 g/mol. The first-order valence-corrected chi connectivity index (χ1v) is 8.07. The average Bonchev–Trinajstić information content (AvgIpc) is 2.35. The van der Waals surface area contributed by atoms with Gasteiger partial charge in [0.15, 0.2) is 0 Å². The van der Waals surface area contributed by atoms with Crippen LogP contribution in [0.3, 0.4) is 0 Å². The van der Waals surface area contributed by atoms with Crippen molar-refractivity contribution < 1.29 is 9.00 Å². The monoisotopic (exact) mass is 283 g/mol. The van der Waals surface area contributed by atoms with E-state index in [0.29, 0.717) is 17.3 Å². The first-order valence-electron chi connectivity index (χ1n) is 6.34. The van der Waals surface area contributed by atoms with Gasteiger partial charge in [-0.1, -0.05) is 13.0 Å². The molecule has 0 aliphatic carbocycles. The van der Waals surface area contributed by atoms with Crippen molar-refractivity contribution in [3.8, 4) is 0 Å². The molecule has 0 bridgehead atoms. The van der Waals surface area contributed by atoms with Gasteiger partial charge >= 0.3 is 0 Å². The predicted octanol–water partition coefficient (Wildman–Crippen LogP) is 1.40. The molecule has 0 aliphatic heterocycles. The van der Waals surface area contributed by atoms with Crippen LogP contribution in [-0.4, -0.2) is 39.7 Å². The zero-order chi connectivity index (χ0) is 14.3. The third kappa shape index (κ3) is 5.83. The van der Waals surface area contributed by atoms with Gasteiger partial charge in [-0.15, -0.1) is 0 Å². The average molecular weight is 283 g/mol. The Kier molecular flexibility index (Phi) is 6.49. The first kappa shape index (κ1) is 15.6. The van der Waals surface area contributed by atoms with Gasteiger partial charge in [0.25, 0.3) is 5.91 Å². The van der Waals surface area contributed by atoms with Crippen LogP contribution in [0.15, 0.2) is 18.2 Å². The fourth-order valence-electron chi connectivity index (χ4n) is 1.60. The fourth-order valence-corrected chi connectivity index (χ4v) is 2.39. The molecule has 1 amide bonds. The summed E-state index contributed by atoms with van der Waals surface area (Å²) in [5.41, 5.74) is 0.370. The number of anilines is 1. The van der Waals surface area contributed by atoms with E-state index in [9.17, 15) is 9.00 Å². The number of nitrogens with one attached hydrogen (secondary N) is 2. The minimum atomic E-state index is -0.925. The van der Waals surface area contributed by atoms with Gasteiger partial charge in [-0.3, -0.25) is 9.00 Å². The molecule has 0 aliphatic rings. The number of hydrogen-bond acceptors (Lipinski definition) is 4. The largest absolute Gasteiger partial charge is 0.370 e. The molecule has 6 heteroatoms. The molecule has 1 aromatic rings. The van der Waals surface area contributed by atoms with E-state index < -0.39 is 10.8 Å². The van der Waals surface area contributed by atoms with E-state index in [0.717, 1.165) is 13.0 Å². The Morgan fingerprint density at radius 1 is 1.47 bits per heavy atom. The summed E-state index contributed by atoms with van der Waals surface area (Å²) in [6.07, 6.45) is 2.62. The van der Waals surface area contributed by atoms with Gasteiger partial charge < -0.3 is 10.6 Å². The minimum absolute atomic E-state index is 0.132. The van der Waals surface area contributed by atoms with Gasteiger partial charge in [-0.25, -0.2) is 4.98 Å². The van der Waals surface area contributed by atoms with Crippen molar-refractivity contribution in [2.45, 2.75) is 26.3 Å². The van der Waals surface area contributed by atoms with Crippen molar-refractivity contribution in [1.29, 1.82) is 0 Å². The summed E-state index contributed by atoms with van der Waals surface area (Å²) in [7, 11) is -0.925. The lowest BCUT2D eigenvalue weighted by atomic mass is 10.3. The van der Waals surface area contributed by atoms with Crippen LogP contribution in [0.4, 0.5) is 5.82 Å².